The summed E-state index contributed by atoms with van der Waals surface area (Å²) in [6.45, 7) is 1.00. The Balaban J connectivity index is 1.41. The summed E-state index contributed by atoms with van der Waals surface area (Å²) in [5.41, 5.74) is 0.535. The first-order valence-corrected chi connectivity index (χ1v) is 10.1. The maximum atomic E-state index is 12.8. The second-order valence-electron chi connectivity index (χ2n) is 7.41. The molecular formula is C23H25N3O5. The number of benzene rings is 2. The number of carbonyl (C=O) groups is 4. The predicted octanol–water partition coefficient (Wildman–Crippen LogP) is 1.75. The third-order valence-electron chi connectivity index (χ3n) is 5.08. The molecule has 1 fully saturated rings. The van der Waals surface area contributed by atoms with Gasteiger partial charge in [0.25, 0.3) is 11.8 Å². The molecule has 1 aliphatic rings. The number of hydrogen-bond donors (Lipinski definition) is 2. The van der Waals surface area contributed by atoms with Crippen LogP contribution in [-0.2, 0) is 31.1 Å². The highest BCUT2D eigenvalue weighted by atomic mass is 16.5. The minimum Gasteiger partial charge on any atom is -0.454 e. The van der Waals surface area contributed by atoms with Crippen LogP contribution in [0.1, 0.15) is 24.5 Å². The summed E-state index contributed by atoms with van der Waals surface area (Å²) < 4.78 is 4.93. The SMILES string of the molecule is C[C@@]1(c2ccccc2)NC(=O)N(CC(=O)OCC(=O)NCCCc2ccccc2)C1=O. The molecule has 1 atom stereocenters. The van der Waals surface area contributed by atoms with Crippen molar-refractivity contribution in [2.24, 2.45) is 0 Å². The van der Waals surface area contributed by atoms with Crippen LogP contribution in [0.3, 0.4) is 0 Å². The summed E-state index contributed by atoms with van der Waals surface area (Å²) in [6.07, 6.45) is 1.58. The van der Waals surface area contributed by atoms with Crippen molar-refractivity contribution in [1.29, 1.82) is 0 Å². The lowest BCUT2D eigenvalue weighted by Crippen LogP contribution is -2.42. The lowest BCUT2D eigenvalue weighted by atomic mass is 9.92. The number of hydrogen-bond acceptors (Lipinski definition) is 5. The van der Waals surface area contributed by atoms with Gasteiger partial charge in [0.05, 0.1) is 0 Å². The topological polar surface area (TPSA) is 105 Å². The zero-order valence-corrected chi connectivity index (χ0v) is 17.3. The van der Waals surface area contributed by atoms with E-state index in [1.807, 2.05) is 30.3 Å². The van der Waals surface area contributed by atoms with Crippen LogP contribution >= 0.6 is 0 Å². The van der Waals surface area contributed by atoms with Gasteiger partial charge in [0.15, 0.2) is 6.61 Å². The molecule has 4 amide bonds. The van der Waals surface area contributed by atoms with Crippen molar-refractivity contribution < 1.29 is 23.9 Å². The van der Waals surface area contributed by atoms with Gasteiger partial charge in [-0.05, 0) is 30.9 Å². The second kappa shape index (κ2) is 9.88. The van der Waals surface area contributed by atoms with Crippen LogP contribution in [0, 0.1) is 0 Å². The summed E-state index contributed by atoms with van der Waals surface area (Å²) in [7, 11) is 0. The maximum absolute atomic E-state index is 12.8. The number of nitrogens with zero attached hydrogens (tertiary/aromatic N) is 1. The predicted molar refractivity (Wildman–Crippen MR) is 113 cm³/mol. The normalized spacial score (nSPS) is 17.9. The molecule has 0 radical (unpaired) electrons. The average Bonchev–Trinajstić information content (AvgIpc) is 3.00. The van der Waals surface area contributed by atoms with Crippen molar-refractivity contribution in [2.45, 2.75) is 25.3 Å². The Kier molecular flexibility index (Phi) is 7.02. The van der Waals surface area contributed by atoms with Gasteiger partial charge in [-0.1, -0.05) is 60.7 Å². The van der Waals surface area contributed by atoms with E-state index in [0.717, 1.165) is 17.7 Å². The fourth-order valence-corrected chi connectivity index (χ4v) is 3.34. The fraction of sp³-hybridized carbons (Fsp3) is 0.304. The zero-order chi connectivity index (χ0) is 22.3. The smallest absolute Gasteiger partial charge is 0.326 e. The van der Waals surface area contributed by atoms with Crippen LogP contribution in [-0.4, -0.2) is 48.4 Å². The summed E-state index contributed by atoms with van der Waals surface area (Å²) in [6, 6.07) is 18.0. The Morgan fingerprint density at radius 2 is 1.68 bits per heavy atom. The number of esters is 1. The largest absolute Gasteiger partial charge is 0.454 e. The monoisotopic (exact) mass is 423 g/mol. The summed E-state index contributed by atoms with van der Waals surface area (Å²) in [5.74, 6) is -1.82. The van der Waals surface area contributed by atoms with Crippen molar-refractivity contribution in [3.63, 3.8) is 0 Å². The van der Waals surface area contributed by atoms with E-state index >= 15 is 0 Å². The summed E-state index contributed by atoms with van der Waals surface area (Å²) >= 11 is 0. The maximum Gasteiger partial charge on any atom is 0.326 e. The van der Waals surface area contributed by atoms with Gasteiger partial charge in [0.1, 0.15) is 12.1 Å². The first kappa shape index (κ1) is 22.0. The van der Waals surface area contributed by atoms with E-state index in [9.17, 15) is 19.2 Å². The van der Waals surface area contributed by atoms with E-state index in [-0.39, 0.29) is 0 Å². The number of amides is 4. The first-order valence-electron chi connectivity index (χ1n) is 10.1. The Morgan fingerprint density at radius 1 is 1.03 bits per heavy atom. The number of carbonyl (C=O) groups excluding carboxylic acids is 4. The molecule has 2 N–H and O–H groups in total. The van der Waals surface area contributed by atoms with Crippen LogP contribution in [0.2, 0.25) is 0 Å². The molecule has 162 valence electrons. The average molecular weight is 423 g/mol. The molecule has 2 aromatic carbocycles. The first-order chi connectivity index (χ1) is 14.9. The minimum absolute atomic E-state index is 0.437. The van der Waals surface area contributed by atoms with Gasteiger partial charge >= 0.3 is 12.0 Å². The Bertz CT molecular complexity index is 948. The van der Waals surface area contributed by atoms with Gasteiger partial charge in [-0.25, -0.2) is 4.79 Å². The van der Waals surface area contributed by atoms with Crippen LogP contribution in [0.5, 0.6) is 0 Å². The zero-order valence-electron chi connectivity index (χ0n) is 17.3. The van der Waals surface area contributed by atoms with E-state index in [2.05, 4.69) is 10.6 Å². The number of urea groups is 1. The van der Waals surface area contributed by atoms with Crippen molar-refractivity contribution in [1.82, 2.24) is 15.5 Å². The van der Waals surface area contributed by atoms with Crippen molar-refractivity contribution in [3.8, 4) is 0 Å². The summed E-state index contributed by atoms with van der Waals surface area (Å²) in [5, 5.41) is 5.29. The molecule has 0 aromatic heterocycles. The molecule has 8 nitrogen and oxygen atoms in total. The molecular weight excluding hydrogens is 398 g/mol. The number of nitrogens with one attached hydrogen (secondary N) is 2. The number of rotatable bonds is 9. The lowest BCUT2D eigenvalue weighted by Gasteiger charge is -2.21. The molecule has 1 heterocycles. The van der Waals surface area contributed by atoms with Gasteiger partial charge < -0.3 is 15.4 Å². The van der Waals surface area contributed by atoms with Gasteiger partial charge in [0, 0.05) is 6.54 Å². The van der Waals surface area contributed by atoms with Crippen molar-refractivity contribution >= 4 is 23.8 Å². The second-order valence-corrected chi connectivity index (χ2v) is 7.41. The third kappa shape index (κ3) is 5.48. The number of aryl methyl sites for hydroxylation is 1. The standard InChI is InChI=1S/C23H25N3O5/c1-23(18-12-6-3-7-13-18)21(29)26(22(30)25-23)15-20(28)31-16-19(27)24-14-8-11-17-9-4-2-5-10-17/h2-7,9-10,12-13H,8,11,14-16H2,1H3,(H,24,27)(H,25,30)/t23-/m0/s1. The van der Waals surface area contributed by atoms with Gasteiger partial charge in [-0.15, -0.1) is 0 Å². The van der Waals surface area contributed by atoms with Crippen LogP contribution in [0.25, 0.3) is 0 Å². The molecule has 1 aliphatic heterocycles. The van der Waals surface area contributed by atoms with Gasteiger partial charge in [-0.3, -0.25) is 19.3 Å². The molecule has 31 heavy (non-hydrogen) atoms. The van der Waals surface area contributed by atoms with Gasteiger partial charge in [-0.2, -0.15) is 0 Å². The van der Waals surface area contributed by atoms with E-state index < -0.39 is 42.5 Å². The molecule has 1 saturated heterocycles. The van der Waals surface area contributed by atoms with E-state index in [1.54, 1.807) is 37.3 Å². The Hall–Kier alpha value is -3.68. The molecule has 0 aliphatic carbocycles. The van der Waals surface area contributed by atoms with E-state index in [4.69, 9.17) is 4.74 Å². The molecule has 2 aromatic rings. The molecule has 0 saturated carbocycles. The molecule has 0 bridgehead atoms. The van der Waals surface area contributed by atoms with Crippen molar-refractivity contribution in [3.05, 3.63) is 71.8 Å². The highest BCUT2D eigenvalue weighted by Gasteiger charge is 2.49. The van der Waals surface area contributed by atoms with Crippen LogP contribution in [0.4, 0.5) is 4.79 Å². The van der Waals surface area contributed by atoms with E-state index in [0.29, 0.717) is 12.1 Å². The molecule has 0 unspecified atom stereocenters. The highest BCUT2D eigenvalue weighted by Crippen LogP contribution is 2.28. The Labute approximate surface area is 180 Å². The summed E-state index contributed by atoms with van der Waals surface area (Å²) in [4.78, 5) is 49.7. The van der Waals surface area contributed by atoms with Crippen LogP contribution < -0.4 is 10.6 Å². The Morgan fingerprint density at radius 3 is 2.35 bits per heavy atom. The highest BCUT2D eigenvalue weighted by molar-refractivity contribution is 6.08. The molecule has 8 heteroatoms. The van der Waals surface area contributed by atoms with Gasteiger partial charge in [0.2, 0.25) is 0 Å². The van der Waals surface area contributed by atoms with E-state index in [1.165, 1.54) is 5.56 Å². The molecule has 3 rings (SSSR count). The quantitative estimate of drug-likeness (QED) is 0.363. The fourth-order valence-electron chi connectivity index (χ4n) is 3.34. The number of ether oxygens (including phenoxy) is 1. The lowest BCUT2D eigenvalue weighted by molar-refractivity contribution is -0.151. The van der Waals surface area contributed by atoms with Crippen LogP contribution in [0.15, 0.2) is 60.7 Å². The number of imide groups is 1. The third-order valence-corrected chi connectivity index (χ3v) is 5.08. The van der Waals surface area contributed by atoms with Crippen molar-refractivity contribution in [2.75, 3.05) is 19.7 Å². The molecule has 0 spiro atoms. The minimum atomic E-state index is -1.26.